The third-order valence-corrected chi connectivity index (χ3v) is 3.38. The zero-order chi connectivity index (χ0) is 13.8. The predicted molar refractivity (Wildman–Crippen MR) is 74.2 cm³/mol. The molecule has 0 aliphatic heterocycles. The number of hydrogen-bond acceptors (Lipinski definition) is 2. The molecule has 0 aliphatic rings. The lowest BCUT2D eigenvalue weighted by Crippen LogP contribution is -2.27. The van der Waals surface area contributed by atoms with Crippen molar-refractivity contribution in [1.29, 1.82) is 0 Å². The van der Waals surface area contributed by atoms with Gasteiger partial charge in [0.2, 0.25) is 0 Å². The first-order valence-corrected chi connectivity index (χ1v) is 6.53. The first-order valence-electron chi connectivity index (χ1n) is 5.74. The Morgan fingerprint density at radius 1 is 1.37 bits per heavy atom. The highest BCUT2D eigenvalue weighted by Crippen LogP contribution is 2.20. The van der Waals surface area contributed by atoms with Gasteiger partial charge in [0.15, 0.2) is 0 Å². The van der Waals surface area contributed by atoms with E-state index >= 15 is 0 Å². The second-order valence-electron chi connectivity index (χ2n) is 4.08. The summed E-state index contributed by atoms with van der Waals surface area (Å²) in [4.78, 5) is 16.1. The van der Waals surface area contributed by atoms with E-state index in [4.69, 9.17) is 0 Å². The minimum absolute atomic E-state index is 0.0123. The number of hydrogen-bond donors (Lipinski definition) is 1. The van der Waals surface area contributed by atoms with Crippen LogP contribution in [0.4, 0.5) is 4.39 Å². The van der Waals surface area contributed by atoms with Crippen LogP contribution in [0.1, 0.15) is 28.9 Å². The number of rotatable bonds is 3. The van der Waals surface area contributed by atoms with Crippen molar-refractivity contribution in [3.8, 4) is 0 Å². The largest absolute Gasteiger partial charge is 0.345 e. The summed E-state index contributed by atoms with van der Waals surface area (Å²) in [7, 11) is 0. The van der Waals surface area contributed by atoms with Crippen molar-refractivity contribution in [2.75, 3.05) is 0 Å². The lowest BCUT2D eigenvalue weighted by Gasteiger charge is -2.14. The Morgan fingerprint density at radius 3 is 2.79 bits per heavy atom. The van der Waals surface area contributed by atoms with Gasteiger partial charge in [0.1, 0.15) is 5.82 Å². The molecular weight excluding hydrogens is 311 g/mol. The van der Waals surface area contributed by atoms with Crippen molar-refractivity contribution in [2.24, 2.45) is 0 Å². The molecule has 1 atom stereocenters. The Labute approximate surface area is 119 Å². The van der Waals surface area contributed by atoms with Gasteiger partial charge in [-0.05, 0) is 46.6 Å². The molecule has 2 rings (SSSR count). The number of pyridine rings is 1. The molecule has 1 unspecified atom stereocenters. The van der Waals surface area contributed by atoms with Crippen LogP contribution < -0.4 is 5.32 Å². The molecule has 98 valence electrons. The van der Waals surface area contributed by atoms with Crippen LogP contribution >= 0.6 is 15.9 Å². The quantitative estimate of drug-likeness (QED) is 0.940. The van der Waals surface area contributed by atoms with Gasteiger partial charge in [-0.25, -0.2) is 4.39 Å². The van der Waals surface area contributed by atoms with Crippen molar-refractivity contribution in [3.05, 3.63) is 64.1 Å². The predicted octanol–water partition coefficient (Wildman–Crippen LogP) is 3.47. The number of benzene rings is 1. The van der Waals surface area contributed by atoms with Crippen LogP contribution in [0, 0.1) is 5.82 Å². The maximum Gasteiger partial charge on any atom is 0.255 e. The monoisotopic (exact) mass is 322 g/mol. The molecule has 0 saturated carbocycles. The molecule has 0 spiro atoms. The molecule has 0 radical (unpaired) electrons. The molecule has 19 heavy (non-hydrogen) atoms. The van der Waals surface area contributed by atoms with Gasteiger partial charge in [-0.2, -0.15) is 0 Å². The summed E-state index contributed by atoms with van der Waals surface area (Å²) in [6.45, 7) is 1.82. The average molecular weight is 323 g/mol. The molecule has 1 aromatic carbocycles. The van der Waals surface area contributed by atoms with E-state index in [2.05, 4.69) is 26.2 Å². The Hall–Kier alpha value is -1.75. The Morgan fingerprint density at radius 2 is 2.16 bits per heavy atom. The highest BCUT2D eigenvalue weighted by molar-refractivity contribution is 9.10. The molecular formula is C14H12BrFN2O. The Bertz CT molecular complexity index is 569. The molecule has 2 aromatic rings. The van der Waals surface area contributed by atoms with Gasteiger partial charge in [0, 0.05) is 16.9 Å². The van der Waals surface area contributed by atoms with Crippen molar-refractivity contribution in [2.45, 2.75) is 13.0 Å². The lowest BCUT2D eigenvalue weighted by molar-refractivity contribution is 0.0935. The topological polar surface area (TPSA) is 42.0 Å². The van der Waals surface area contributed by atoms with Crippen LogP contribution in [-0.2, 0) is 0 Å². The number of amides is 1. The molecule has 1 N–H and O–H groups in total. The first-order chi connectivity index (χ1) is 9.09. The van der Waals surface area contributed by atoms with Crippen LogP contribution in [-0.4, -0.2) is 10.9 Å². The number of aromatic nitrogens is 1. The molecule has 0 aliphatic carbocycles. The SMILES string of the molecule is CC(NC(=O)c1c(F)cccc1Br)c1cccnc1. The van der Waals surface area contributed by atoms with E-state index in [9.17, 15) is 9.18 Å². The van der Waals surface area contributed by atoms with Crippen LogP contribution in [0.2, 0.25) is 0 Å². The van der Waals surface area contributed by atoms with Gasteiger partial charge in [-0.1, -0.05) is 12.1 Å². The van der Waals surface area contributed by atoms with E-state index in [-0.39, 0.29) is 11.6 Å². The first kappa shape index (κ1) is 13.7. The third-order valence-electron chi connectivity index (χ3n) is 2.72. The van der Waals surface area contributed by atoms with E-state index in [1.165, 1.54) is 6.07 Å². The van der Waals surface area contributed by atoms with Crippen LogP contribution in [0.25, 0.3) is 0 Å². The molecule has 1 heterocycles. The van der Waals surface area contributed by atoms with Crippen molar-refractivity contribution in [3.63, 3.8) is 0 Å². The summed E-state index contributed by atoms with van der Waals surface area (Å²) in [6, 6.07) is 7.83. The molecule has 5 heteroatoms. The second-order valence-corrected chi connectivity index (χ2v) is 4.93. The average Bonchev–Trinajstić information content (AvgIpc) is 2.39. The lowest BCUT2D eigenvalue weighted by atomic mass is 10.1. The highest BCUT2D eigenvalue weighted by Gasteiger charge is 2.17. The number of nitrogens with zero attached hydrogens (tertiary/aromatic N) is 1. The minimum Gasteiger partial charge on any atom is -0.345 e. The van der Waals surface area contributed by atoms with Gasteiger partial charge in [0.05, 0.1) is 11.6 Å². The second kappa shape index (κ2) is 5.93. The fraction of sp³-hybridized carbons (Fsp3) is 0.143. The highest BCUT2D eigenvalue weighted by atomic mass is 79.9. The van der Waals surface area contributed by atoms with Gasteiger partial charge in [-0.15, -0.1) is 0 Å². The summed E-state index contributed by atoms with van der Waals surface area (Å²) in [5.41, 5.74) is 0.876. The Kier molecular flexibility index (Phi) is 4.27. The molecule has 0 fully saturated rings. The van der Waals surface area contributed by atoms with Crippen LogP contribution in [0.5, 0.6) is 0 Å². The minimum atomic E-state index is -0.551. The zero-order valence-electron chi connectivity index (χ0n) is 10.2. The molecule has 1 amide bonds. The fourth-order valence-electron chi connectivity index (χ4n) is 1.70. The van der Waals surface area contributed by atoms with Crippen LogP contribution in [0.3, 0.4) is 0 Å². The van der Waals surface area contributed by atoms with Gasteiger partial charge < -0.3 is 5.32 Å². The van der Waals surface area contributed by atoms with Gasteiger partial charge in [0.25, 0.3) is 5.91 Å². The summed E-state index contributed by atoms with van der Waals surface area (Å²) in [6.07, 6.45) is 3.33. The molecule has 0 bridgehead atoms. The zero-order valence-corrected chi connectivity index (χ0v) is 11.8. The van der Waals surface area contributed by atoms with E-state index in [0.29, 0.717) is 4.47 Å². The van der Waals surface area contributed by atoms with Crippen LogP contribution in [0.15, 0.2) is 47.2 Å². The van der Waals surface area contributed by atoms with Gasteiger partial charge in [-0.3, -0.25) is 9.78 Å². The fourth-order valence-corrected chi connectivity index (χ4v) is 2.22. The summed E-state index contributed by atoms with van der Waals surface area (Å²) in [5.74, 6) is -1.01. The van der Waals surface area contributed by atoms with Crippen molar-refractivity contribution >= 4 is 21.8 Å². The number of halogens is 2. The van der Waals surface area contributed by atoms with Gasteiger partial charge >= 0.3 is 0 Å². The normalized spacial score (nSPS) is 11.9. The van der Waals surface area contributed by atoms with E-state index in [0.717, 1.165) is 5.56 Å². The summed E-state index contributed by atoms with van der Waals surface area (Å²) in [5, 5.41) is 2.75. The van der Waals surface area contributed by atoms with Crippen molar-refractivity contribution in [1.82, 2.24) is 10.3 Å². The number of carbonyl (C=O) groups excluding carboxylic acids is 1. The van der Waals surface area contributed by atoms with E-state index < -0.39 is 11.7 Å². The standard InChI is InChI=1S/C14H12BrFN2O/c1-9(10-4-3-7-17-8-10)18-14(19)13-11(15)5-2-6-12(13)16/h2-9H,1H3,(H,18,19). The maximum absolute atomic E-state index is 13.7. The maximum atomic E-state index is 13.7. The smallest absolute Gasteiger partial charge is 0.255 e. The third kappa shape index (κ3) is 3.17. The Balaban J connectivity index is 2.18. The molecule has 0 saturated heterocycles. The number of carbonyl (C=O) groups is 1. The molecule has 3 nitrogen and oxygen atoms in total. The summed E-state index contributed by atoms with van der Waals surface area (Å²) >= 11 is 3.18. The van der Waals surface area contributed by atoms with E-state index in [1.54, 1.807) is 30.6 Å². The summed E-state index contributed by atoms with van der Waals surface area (Å²) < 4.78 is 14.1. The number of nitrogens with one attached hydrogen (secondary N) is 1. The van der Waals surface area contributed by atoms with E-state index in [1.807, 2.05) is 13.0 Å². The molecule has 1 aromatic heterocycles. The van der Waals surface area contributed by atoms with Crippen molar-refractivity contribution < 1.29 is 9.18 Å².